The minimum absolute atomic E-state index is 0.0897. The monoisotopic (exact) mass is 167 g/mol. The van der Waals surface area contributed by atoms with Gasteiger partial charge in [0.2, 0.25) is 0 Å². The Hall–Kier alpha value is -1.30. The van der Waals surface area contributed by atoms with Crippen molar-refractivity contribution in [1.82, 2.24) is 0 Å². The molecule has 0 aromatic carbocycles. The molecule has 0 aliphatic heterocycles. The first kappa shape index (κ1) is 10.7. The van der Waals surface area contributed by atoms with E-state index in [1.54, 1.807) is 26.8 Å². The second kappa shape index (κ2) is 5.36. The van der Waals surface area contributed by atoms with Gasteiger partial charge in [-0.25, -0.2) is 0 Å². The highest BCUT2D eigenvalue weighted by Gasteiger charge is 2.12. The van der Waals surface area contributed by atoms with Crippen molar-refractivity contribution in [2.75, 3.05) is 6.61 Å². The van der Waals surface area contributed by atoms with Crippen LogP contribution in [-0.4, -0.2) is 12.4 Å². The van der Waals surface area contributed by atoms with E-state index in [-0.39, 0.29) is 17.3 Å². The number of carbonyl (C=O) groups is 1. The van der Waals surface area contributed by atoms with Crippen LogP contribution < -0.4 is 0 Å². The highest BCUT2D eigenvalue weighted by Crippen LogP contribution is 2.04. The van der Waals surface area contributed by atoms with E-state index in [2.05, 4.69) is 0 Å². The summed E-state index contributed by atoms with van der Waals surface area (Å²) < 4.78 is 4.85. The van der Waals surface area contributed by atoms with E-state index in [4.69, 9.17) is 10.00 Å². The molecule has 0 bridgehead atoms. The first-order valence-corrected chi connectivity index (χ1v) is 3.89. The van der Waals surface area contributed by atoms with Crippen LogP contribution in [0.4, 0.5) is 0 Å². The van der Waals surface area contributed by atoms with Gasteiger partial charge in [0.15, 0.2) is 5.78 Å². The lowest BCUT2D eigenvalue weighted by molar-refractivity contribution is -0.118. The minimum Gasteiger partial charge on any atom is -0.500 e. The van der Waals surface area contributed by atoms with Crippen molar-refractivity contribution in [3.63, 3.8) is 0 Å². The molecule has 0 spiro atoms. The van der Waals surface area contributed by atoms with Crippen LogP contribution in [0.15, 0.2) is 11.8 Å². The summed E-state index contributed by atoms with van der Waals surface area (Å²) in [7, 11) is 0. The molecule has 0 saturated carbocycles. The first-order valence-electron chi connectivity index (χ1n) is 3.89. The van der Waals surface area contributed by atoms with Crippen molar-refractivity contribution < 1.29 is 9.53 Å². The molecule has 3 heteroatoms. The summed E-state index contributed by atoms with van der Waals surface area (Å²) in [6.07, 6.45) is 1.22. The molecule has 0 N–H and O–H groups in total. The van der Waals surface area contributed by atoms with Gasteiger partial charge in [0, 0.05) is 5.92 Å². The molecule has 0 rings (SSSR count). The third-order valence-corrected chi connectivity index (χ3v) is 1.28. The predicted molar refractivity (Wildman–Crippen MR) is 45.2 cm³/mol. The summed E-state index contributed by atoms with van der Waals surface area (Å²) in [6.45, 7) is 5.76. The first-order chi connectivity index (χ1) is 5.63. The van der Waals surface area contributed by atoms with Crippen LogP contribution in [0.3, 0.4) is 0 Å². The van der Waals surface area contributed by atoms with Gasteiger partial charge >= 0.3 is 0 Å². The summed E-state index contributed by atoms with van der Waals surface area (Å²) in [5.74, 6) is -0.331. The molecule has 0 heterocycles. The Morgan fingerprint density at radius 2 is 2.25 bits per heavy atom. The average Bonchev–Trinajstić information content (AvgIpc) is 2.05. The van der Waals surface area contributed by atoms with Gasteiger partial charge in [-0.1, -0.05) is 13.8 Å². The molecule has 0 unspecified atom stereocenters. The number of allylic oxidation sites excluding steroid dienone is 1. The SMILES string of the molecule is CCO/C=C(\C#N)C(=O)C(C)C. The van der Waals surface area contributed by atoms with Crippen molar-refractivity contribution in [3.05, 3.63) is 11.8 Å². The second-order valence-corrected chi connectivity index (χ2v) is 2.62. The number of ketones is 1. The number of carbonyl (C=O) groups excluding carboxylic acids is 1. The highest BCUT2D eigenvalue weighted by molar-refractivity contribution is 5.99. The van der Waals surface area contributed by atoms with Gasteiger partial charge in [-0.3, -0.25) is 4.79 Å². The van der Waals surface area contributed by atoms with Crippen LogP contribution in [0.25, 0.3) is 0 Å². The Balaban J connectivity index is 4.37. The molecule has 0 saturated heterocycles. The molecule has 0 amide bonds. The zero-order chi connectivity index (χ0) is 9.56. The van der Waals surface area contributed by atoms with E-state index < -0.39 is 0 Å². The quantitative estimate of drug-likeness (QED) is 0.363. The Bertz CT molecular complexity index is 223. The van der Waals surface area contributed by atoms with Gasteiger partial charge in [-0.2, -0.15) is 5.26 Å². The maximum absolute atomic E-state index is 11.2. The van der Waals surface area contributed by atoms with E-state index >= 15 is 0 Å². The van der Waals surface area contributed by atoms with E-state index in [0.29, 0.717) is 6.61 Å². The summed E-state index contributed by atoms with van der Waals surface area (Å²) in [5.41, 5.74) is 0.0897. The lowest BCUT2D eigenvalue weighted by atomic mass is 10.0. The number of hydrogen-bond acceptors (Lipinski definition) is 3. The Kier molecular flexibility index (Phi) is 4.78. The van der Waals surface area contributed by atoms with Crippen LogP contribution >= 0.6 is 0 Å². The Morgan fingerprint density at radius 3 is 2.58 bits per heavy atom. The van der Waals surface area contributed by atoms with E-state index in [1.165, 1.54) is 6.26 Å². The molecular formula is C9H13NO2. The molecule has 0 radical (unpaired) electrons. The molecule has 0 atom stereocenters. The second-order valence-electron chi connectivity index (χ2n) is 2.62. The van der Waals surface area contributed by atoms with Crippen molar-refractivity contribution in [2.24, 2.45) is 5.92 Å². The van der Waals surface area contributed by atoms with E-state index in [0.717, 1.165) is 0 Å². The molecule has 0 aromatic heterocycles. The Labute approximate surface area is 72.6 Å². The van der Waals surface area contributed by atoms with Gasteiger partial charge in [-0.05, 0) is 6.92 Å². The van der Waals surface area contributed by atoms with Crippen LogP contribution in [0.5, 0.6) is 0 Å². The van der Waals surface area contributed by atoms with Crippen molar-refractivity contribution in [2.45, 2.75) is 20.8 Å². The number of Topliss-reactive ketones (excluding diaryl/α,β-unsaturated/α-hetero) is 1. The number of nitriles is 1. The summed E-state index contributed by atoms with van der Waals surface area (Å²) in [6, 6.07) is 1.80. The molecular weight excluding hydrogens is 154 g/mol. The third kappa shape index (κ3) is 3.20. The van der Waals surface area contributed by atoms with E-state index in [1.807, 2.05) is 0 Å². The number of rotatable bonds is 4. The maximum atomic E-state index is 11.2. The lowest BCUT2D eigenvalue weighted by Crippen LogP contribution is -2.09. The lowest BCUT2D eigenvalue weighted by Gasteiger charge is -2.01. The smallest absolute Gasteiger partial charge is 0.179 e. The Morgan fingerprint density at radius 1 is 1.67 bits per heavy atom. The fraction of sp³-hybridized carbons (Fsp3) is 0.556. The number of ether oxygens (including phenoxy) is 1. The zero-order valence-electron chi connectivity index (χ0n) is 7.63. The van der Waals surface area contributed by atoms with Crippen LogP contribution in [0, 0.1) is 17.2 Å². The summed E-state index contributed by atoms with van der Waals surface area (Å²) in [5, 5.41) is 8.55. The van der Waals surface area contributed by atoms with Gasteiger partial charge < -0.3 is 4.74 Å². The van der Waals surface area contributed by atoms with E-state index in [9.17, 15) is 4.79 Å². The average molecular weight is 167 g/mol. The summed E-state index contributed by atoms with van der Waals surface area (Å²) in [4.78, 5) is 11.2. The van der Waals surface area contributed by atoms with Gasteiger partial charge in [0.25, 0.3) is 0 Å². The van der Waals surface area contributed by atoms with Crippen molar-refractivity contribution in [1.29, 1.82) is 5.26 Å². The maximum Gasteiger partial charge on any atom is 0.179 e. The fourth-order valence-corrected chi connectivity index (χ4v) is 0.617. The van der Waals surface area contributed by atoms with Gasteiger partial charge in [0.1, 0.15) is 17.9 Å². The van der Waals surface area contributed by atoms with Crippen LogP contribution in [0.2, 0.25) is 0 Å². The highest BCUT2D eigenvalue weighted by atomic mass is 16.5. The third-order valence-electron chi connectivity index (χ3n) is 1.28. The molecule has 0 fully saturated rings. The molecule has 0 aliphatic carbocycles. The predicted octanol–water partition coefficient (Wildman–Crippen LogP) is 1.66. The van der Waals surface area contributed by atoms with Crippen molar-refractivity contribution in [3.8, 4) is 6.07 Å². The van der Waals surface area contributed by atoms with Crippen LogP contribution in [0.1, 0.15) is 20.8 Å². The topological polar surface area (TPSA) is 50.1 Å². The minimum atomic E-state index is -0.175. The zero-order valence-corrected chi connectivity index (χ0v) is 7.63. The van der Waals surface area contributed by atoms with Gasteiger partial charge in [-0.15, -0.1) is 0 Å². The molecule has 12 heavy (non-hydrogen) atoms. The van der Waals surface area contributed by atoms with Crippen molar-refractivity contribution >= 4 is 5.78 Å². The number of nitrogens with zero attached hydrogens (tertiary/aromatic N) is 1. The largest absolute Gasteiger partial charge is 0.500 e. The summed E-state index contributed by atoms with van der Waals surface area (Å²) >= 11 is 0. The standard InChI is InChI=1S/C9H13NO2/c1-4-12-6-8(5-10)9(11)7(2)3/h6-7H,4H2,1-3H3/b8-6+. The van der Waals surface area contributed by atoms with Crippen LogP contribution in [-0.2, 0) is 9.53 Å². The molecule has 0 aromatic rings. The number of hydrogen-bond donors (Lipinski definition) is 0. The van der Waals surface area contributed by atoms with Gasteiger partial charge in [0.05, 0.1) is 6.61 Å². The molecule has 0 aliphatic rings. The molecule has 3 nitrogen and oxygen atoms in total. The normalized spacial score (nSPS) is 11.1. The molecule has 66 valence electrons. The fourth-order valence-electron chi connectivity index (χ4n) is 0.617.